The molecule has 1 unspecified atom stereocenters. The van der Waals surface area contributed by atoms with E-state index in [1.165, 1.54) is 50.2 Å². The molecule has 0 spiro atoms. The molecule has 0 saturated heterocycles. The van der Waals surface area contributed by atoms with E-state index in [1.807, 2.05) is 6.07 Å². The van der Waals surface area contributed by atoms with Crippen LogP contribution in [0.25, 0.3) is 0 Å². The van der Waals surface area contributed by atoms with Gasteiger partial charge in [-0.25, -0.2) is 8.42 Å². The standard InChI is InChI=1S/C12H14N2O3S/c1-9(12(15)14(2)3)18(16,17)11-6-4-10(8-13)5-7-11/h4-7,9H,1-3H3. The number of benzene rings is 1. The summed E-state index contributed by atoms with van der Waals surface area (Å²) in [5.74, 6) is -0.473. The zero-order chi connectivity index (χ0) is 13.9. The molecular formula is C12H14N2O3S. The molecule has 0 N–H and O–H groups in total. The Labute approximate surface area is 107 Å². The van der Waals surface area contributed by atoms with Gasteiger partial charge in [-0.3, -0.25) is 4.79 Å². The summed E-state index contributed by atoms with van der Waals surface area (Å²) in [6.45, 7) is 1.36. The van der Waals surface area contributed by atoms with Crippen molar-refractivity contribution in [1.29, 1.82) is 5.26 Å². The van der Waals surface area contributed by atoms with Gasteiger partial charge in [0.05, 0.1) is 16.5 Å². The van der Waals surface area contributed by atoms with Gasteiger partial charge in [0.2, 0.25) is 5.91 Å². The Kier molecular flexibility index (Phi) is 4.09. The minimum atomic E-state index is -3.71. The van der Waals surface area contributed by atoms with E-state index in [2.05, 4.69) is 0 Å². The molecule has 1 aromatic carbocycles. The van der Waals surface area contributed by atoms with Gasteiger partial charge in [-0.15, -0.1) is 0 Å². The SMILES string of the molecule is CC(C(=O)N(C)C)S(=O)(=O)c1ccc(C#N)cc1. The second-order valence-corrected chi connectivity index (χ2v) is 6.32. The van der Waals surface area contributed by atoms with Crippen LogP contribution in [-0.2, 0) is 14.6 Å². The van der Waals surface area contributed by atoms with Crippen LogP contribution >= 0.6 is 0 Å². The lowest BCUT2D eigenvalue weighted by atomic mass is 10.2. The van der Waals surface area contributed by atoms with Crippen LogP contribution in [0.1, 0.15) is 12.5 Å². The maximum Gasteiger partial charge on any atom is 0.240 e. The van der Waals surface area contributed by atoms with E-state index in [-0.39, 0.29) is 4.90 Å². The Morgan fingerprint density at radius 3 is 2.17 bits per heavy atom. The molecule has 0 heterocycles. The van der Waals surface area contributed by atoms with Crippen LogP contribution in [0, 0.1) is 11.3 Å². The average Bonchev–Trinajstić information content (AvgIpc) is 2.36. The minimum absolute atomic E-state index is 0.0456. The van der Waals surface area contributed by atoms with Crippen molar-refractivity contribution in [2.75, 3.05) is 14.1 Å². The van der Waals surface area contributed by atoms with Crippen molar-refractivity contribution < 1.29 is 13.2 Å². The highest BCUT2D eigenvalue weighted by Gasteiger charge is 2.30. The fourth-order valence-corrected chi connectivity index (χ4v) is 2.82. The highest BCUT2D eigenvalue weighted by Crippen LogP contribution is 2.17. The quantitative estimate of drug-likeness (QED) is 0.811. The molecule has 1 atom stereocenters. The lowest BCUT2D eigenvalue weighted by molar-refractivity contribution is -0.127. The first kappa shape index (κ1) is 14.2. The van der Waals surface area contributed by atoms with Gasteiger partial charge in [0.1, 0.15) is 5.25 Å². The Morgan fingerprint density at radius 2 is 1.78 bits per heavy atom. The van der Waals surface area contributed by atoms with Crippen LogP contribution in [0.5, 0.6) is 0 Å². The normalized spacial score (nSPS) is 12.6. The molecule has 0 fully saturated rings. The lowest BCUT2D eigenvalue weighted by Crippen LogP contribution is -2.37. The summed E-state index contributed by atoms with van der Waals surface area (Å²) in [5, 5.41) is 7.50. The third kappa shape index (κ3) is 2.68. The second-order valence-electron chi connectivity index (χ2n) is 4.06. The van der Waals surface area contributed by atoms with Crippen molar-refractivity contribution in [3.63, 3.8) is 0 Å². The van der Waals surface area contributed by atoms with E-state index in [4.69, 9.17) is 5.26 Å². The van der Waals surface area contributed by atoms with Gasteiger partial charge < -0.3 is 4.90 Å². The number of nitrogens with zero attached hydrogens (tertiary/aromatic N) is 2. The van der Waals surface area contributed by atoms with Crippen molar-refractivity contribution in [3.05, 3.63) is 29.8 Å². The number of amides is 1. The van der Waals surface area contributed by atoms with E-state index in [0.29, 0.717) is 5.56 Å². The summed E-state index contributed by atoms with van der Waals surface area (Å²) in [4.78, 5) is 13.0. The minimum Gasteiger partial charge on any atom is -0.348 e. The lowest BCUT2D eigenvalue weighted by Gasteiger charge is -2.17. The van der Waals surface area contributed by atoms with Crippen LogP contribution in [0.2, 0.25) is 0 Å². The maximum absolute atomic E-state index is 12.1. The average molecular weight is 266 g/mol. The first-order chi connectivity index (χ1) is 8.30. The third-order valence-corrected chi connectivity index (χ3v) is 4.63. The van der Waals surface area contributed by atoms with Crippen LogP contribution in [0.3, 0.4) is 0 Å². The summed E-state index contributed by atoms with van der Waals surface area (Å²) in [7, 11) is -0.695. The van der Waals surface area contributed by atoms with Gasteiger partial charge in [-0.2, -0.15) is 5.26 Å². The fraction of sp³-hybridized carbons (Fsp3) is 0.333. The number of hydrogen-bond acceptors (Lipinski definition) is 4. The summed E-state index contributed by atoms with van der Waals surface area (Å²) in [6, 6.07) is 7.42. The molecule has 6 heteroatoms. The smallest absolute Gasteiger partial charge is 0.240 e. The van der Waals surface area contributed by atoms with E-state index in [9.17, 15) is 13.2 Å². The number of hydrogen-bond donors (Lipinski definition) is 0. The van der Waals surface area contributed by atoms with E-state index in [0.717, 1.165) is 0 Å². The van der Waals surface area contributed by atoms with E-state index < -0.39 is 21.0 Å². The van der Waals surface area contributed by atoms with Gasteiger partial charge >= 0.3 is 0 Å². The predicted molar refractivity (Wildman–Crippen MR) is 66.5 cm³/mol. The third-order valence-electron chi connectivity index (χ3n) is 2.57. The van der Waals surface area contributed by atoms with Crippen molar-refractivity contribution in [2.24, 2.45) is 0 Å². The molecule has 1 rings (SSSR count). The number of carbonyl (C=O) groups excluding carboxylic acids is 1. The van der Waals surface area contributed by atoms with Gasteiger partial charge in [-0.1, -0.05) is 0 Å². The first-order valence-electron chi connectivity index (χ1n) is 5.26. The molecule has 0 saturated carbocycles. The molecular weight excluding hydrogens is 252 g/mol. The summed E-state index contributed by atoms with van der Waals surface area (Å²) in [6.07, 6.45) is 0. The molecule has 0 aliphatic rings. The Hall–Kier alpha value is -1.87. The summed E-state index contributed by atoms with van der Waals surface area (Å²) < 4.78 is 24.3. The van der Waals surface area contributed by atoms with Crippen LogP contribution in [0.15, 0.2) is 29.2 Å². The Balaban J connectivity index is 3.14. The first-order valence-corrected chi connectivity index (χ1v) is 6.80. The predicted octanol–water partition coefficient (Wildman–Crippen LogP) is 0.809. The number of carbonyl (C=O) groups is 1. The van der Waals surface area contributed by atoms with Crippen molar-refractivity contribution in [1.82, 2.24) is 4.90 Å². The highest BCUT2D eigenvalue weighted by atomic mass is 32.2. The highest BCUT2D eigenvalue weighted by molar-refractivity contribution is 7.92. The largest absolute Gasteiger partial charge is 0.348 e. The molecule has 1 aromatic rings. The molecule has 0 aliphatic heterocycles. The summed E-state index contributed by atoms with van der Waals surface area (Å²) in [5.41, 5.74) is 0.375. The van der Waals surface area contributed by atoms with Crippen molar-refractivity contribution >= 4 is 15.7 Å². The molecule has 0 bridgehead atoms. The topological polar surface area (TPSA) is 78.2 Å². The zero-order valence-electron chi connectivity index (χ0n) is 10.4. The molecule has 0 aromatic heterocycles. The molecule has 18 heavy (non-hydrogen) atoms. The van der Waals surface area contributed by atoms with Crippen LogP contribution < -0.4 is 0 Å². The second kappa shape index (κ2) is 5.19. The van der Waals surface area contributed by atoms with E-state index >= 15 is 0 Å². The number of nitriles is 1. The maximum atomic E-state index is 12.1. The number of sulfone groups is 1. The van der Waals surface area contributed by atoms with Crippen molar-refractivity contribution in [2.45, 2.75) is 17.1 Å². The van der Waals surface area contributed by atoms with Crippen LogP contribution in [-0.4, -0.2) is 38.6 Å². The fourth-order valence-electron chi connectivity index (χ4n) is 1.42. The summed E-state index contributed by atoms with van der Waals surface area (Å²) >= 11 is 0. The van der Waals surface area contributed by atoms with Gasteiger partial charge in [0.25, 0.3) is 0 Å². The molecule has 0 aliphatic carbocycles. The van der Waals surface area contributed by atoms with Gasteiger partial charge in [0.15, 0.2) is 9.84 Å². The van der Waals surface area contributed by atoms with Crippen molar-refractivity contribution in [3.8, 4) is 6.07 Å². The molecule has 1 amide bonds. The van der Waals surface area contributed by atoms with Gasteiger partial charge in [-0.05, 0) is 31.2 Å². The van der Waals surface area contributed by atoms with Crippen LogP contribution in [0.4, 0.5) is 0 Å². The Bertz CT molecular complexity index is 583. The zero-order valence-corrected chi connectivity index (χ0v) is 11.2. The monoisotopic (exact) mass is 266 g/mol. The van der Waals surface area contributed by atoms with E-state index in [1.54, 1.807) is 0 Å². The van der Waals surface area contributed by atoms with Gasteiger partial charge in [0, 0.05) is 14.1 Å². The molecule has 0 radical (unpaired) electrons. The molecule has 96 valence electrons. The Morgan fingerprint density at radius 1 is 1.28 bits per heavy atom. The molecule has 5 nitrogen and oxygen atoms in total. The number of rotatable bonds is 3.